The highest BCUT2D eigenvalue weighted by Crippen LogP contribution is 2.10. The van der Waals surface area contributed by atoms with Gasteiger partial charge in [0, 0.05) is 31.9 Å². The first-order valence-electron chi connectivity index (χ1n) is 7.20. The predicted molar refractivity (Wildman–Crippen MR) is 83.9 cm³/mol. The molecule has 21 heavy (non-hydrogen) atoms. The van der Waals surface area contributed by atoms with Crippen LogP contribution in [0.5, 0.6) is 0 Å². The molecule has 2 rings (SSSR count). The lowest BCUT2D eigenvalue weighted by Gasteiger charge is -2.22. The molecule has 0 aromatic carbocycles. The van der Waals surface area contributed by atoms with Crippen molar-refractivity contribution >= 4 is 18.3 Å². The van der Waals surface area contributed by atoms with Crippen molar-refractivity contribution in [3.63, 3.8) is 0 Å². The molecule has 1 unspecified atom stereocenters. The molecule has 1 aliphatic rings. The van der Waals surface area contributed by atoms with Gasteiger partial charge >= 0.3 is 0 Å². The van der Waals surface area contributed by atoms with Crippen LogP contribution in [0.25, 0.3) is 0 Å². The quantitative estimate of drug-likeness (QED) is 0.786. The van der Waals surface area contributed by atoms with Gasteiger partial charge in [0.05, 0.1) is 12.3 Å². The van der Waals surface area contributed by atoms with Crippen LogP contribution in [-0.2, 0) is 16.1 Å². The molecule has 1 aromatic heterocycles. The summed E-state index contributed by atoms with van der Waals surface area (Å²) in [7, 11) is 0. The molecule has 0 saturated carbocycles. The summed E-state index contributed by atoms with van der Waals surface area (Å²) in [6, 6.07) is 0. The van der Waals surface area contributed by atoms with Crippen LogP contribution in [0, 0.1) is 20.8 Å². The summed E-state index contributed by atoms with van der Waals surface area (Å²) in [6.07, 6.45) is 0.521. The average molecular weight is 317 g/mol. The van der Waals surface area contributed by atoms with Crippen molar-refractivity contribution in [1.29, 1.82) is 0 Å². The Morgan fingerprint density at radius 3 is 2.81 bits per heavy atom. The van der Waals surface area contributed by atoms with Gasteiger partial charge in [-0.2, -0.15) is 5.10 Å². The standard InChI is InChI=1S/C14H24N4O2.ClH/c1-10-11(2)17-18(12(10)3)7-4-5-16-14(19)13-9-15-6-8-20-13;/h13,15H,4-9H2,1-3H3,(H,16,19);1H. The summed E-state index contributed by atoms with van der Waals surface area (Å²) in [5.74, 6) is -0.0262. The van der Waals surface area contributed by atoms with Crippen LogP contribution in [-0.4, -0.2) is 48.0 Å². The second kappa shape index (κ2) is 8.36. The average Bonchev–Trinajstić information content (AvgIpc) is 2.71. The van der Waals surface area contributed by atoms with Crippen LogP contribution < -0.4 is 10.6 Å². The van der Waals surface area contributed by atoms with Crippen molar-refractivity contribution in [1.82, 2.24) is 20.4 Å². The van der Waals surface area contributed by atoms with Gasteiger partial charge in [0.1, 0.15) is 6.10 Å². The van der Waals surface area contributed by atoms with E-state index in [1.54, 1.807) is 0 Å². The summed E-state index contributed by atoms with van der Waals surface area (Å²) in [5.41, 5.74) is 3.53. The Bertz CT molecular complexity index is 470. The van der Waals surface area contributed by atoms with Crippen LogP contribution in [0.4, 0.5) is 0 Å². The number of hydrogen-bond acceptors (Lipinski definition) is 4. The number of nitrogens with one attached hydrogen (secondary N) is 2. The number of carbonyl (C=O) groups is 1. The zero-order valence-electron chi connectivity index (χ0n) is 12.9. The molecule has 2 N–H and O–H groups in total. The van der Waals surface area contributed by atoms with Gasteiger partial charge in [0.15, 0.2) is 0 Å². The zero-order valence-corrected chi connectivity index (χ0v) is 13.8. The van der Waals surface area contributed by atoms with E-state index in [1.165, 1.54) is 11.3 Å². The molecule has 1 fully saturated rings. The molecule has 120 valence electrons. The number of aromatic nitrogens is 2. The predicted octanol–water partition coefficient (Wildman–Crippen LogP) is 0.725. The van der Waals surface area contributed by atoms with Crippen LogP contribution in [0.2, 0.25) is 0 Å². The van der Waals surface area contributed by atoms with E-state index in [1.807, 2.05) is 11.6 Å². The lowest BCUT2D eigenvalue weighted by atomic mass is 10.2. The van der Waals surface area contributed by atoms with Crippen LogP contribution in [0.3, 0.4) is 0 Å². The molecule has 6 nitrogen and oxygen atoms in total. The first-order valence-corrected chi connectivity index (χ1v) is 7.20. The van der Waals surface area contributed by atoms with Gasteiger partial charge in [-0.3, -0.25) is 9.48 Å². The first kappa shape index (κ1) is 17.9. The highest BCUT2D eigenvalue weighted by molar-refractivity contribution is 5.85. The molecule has 0 radical (unpaired) electrons. The van der Waals surface area contributed by atoms with Gasteiger partial charge in [0.25, 0.3) is 0 Å². The largest absolute Gasteiger partial charge is 0.366 e. The Kier molecular flexibility index (Phi) is 7.14. The molecule has 0 bridgehead atoms. The summed E-state index contributed by atoms with van der Waals surface area (Å²) >= 11 is 0. The molecular formula is C14H25ClN4O2. The Hall–Kier alpha value is -1.11. The van der Waals surface area contributed by atoms with Crippen molar-refractivity contribution in [3.05, 3.63) is 17.0 Å². The molecule has 1 saturated heterocycles. The number of amides is 1. The van der Waals surface area contributed by atoms with Crippen LogP contribution >= 0.6 is 12.4 Å². The van der Waals surface area contributed by atoms with Gasteiger partial charge in [-0.15, -0.1) is 12.4 Å². The first-order chi connectivity index (χ1) is 9.59. The Balaban J connectivity index is 0.00000220. The molecule has 0 aliphatic carbocycles. The third-order valence-electron chi connectivity index (χ3n) is 3.81. The van der Waals surface area contributed by atoms with E-state index in [-0.39, 0.29) is 24.4 Å². The number of rotatable bonds is 5. The minimum Gasteiger partial charge on any atom is -0.366 e. The van der Waals surface area contributed by atoms with E-state index < -0.39 is 0 Å². The number of aryl methyl sites for hydroxylation is 2. The maximum Gasteiger partial charge on any atom is 0.250 e. The number of carbonyl (C=O) groups excluding carboxylic acids is 1. The highest BCUT2D eigenvalue weighted by Gasteiger charge is 2.20. The number of nitrogens with zero attached hydrogens (tertiary/aromatic N) is 2. The normalized spacial score (nSPS) is 18.1. The van der Waals surface area contributed by atoms with Crippen LogP contribution in [0.15, 0.2) is 0 Å². The fraction of sp³-hybridized carbons (Fsp3) is 0.714. The maximum atomic E-state index is 11.8. The Morgan fingerprint density at radius 2 is 2.24 bits per heavy atom. The molecule has 1 aliphatic heterocycles. The van der Waals surface area contributed by atoms with E-state index in [4.69, 9.17) is 4.74 Å². The second-order valence-corrected chi connectivity index (χ2v) is 5.23. The van der Waals surface area contributed by atoms with Crippen molar-refractivity contribution in [3.8, 4) is 0 Å². The number of halogens is 1. The van der Waals surface area contributed by atoms with Crippen LogP contribution in [0.1, 0.15) is 23.4 Å². The van der Waals surface area contributed by atoms with Gasteiger partial charge in [-0.1, -0.05) is 0 Å². The second-order valence-electron chi connectivity index (χ2n) is 5.23. The summed E-state index contributed by atoms with van der Waals surface area (Å²) in [6.45, 7) is 9.68. The number of morpholine rings is 1. The fourth-order valence-corrected chi connectivity index (χ4v) is 2.29. The monoisotopic (exact) mass is 316 g/mol. The summed E-state index contributed by atoms with van der Waals surface area (Å²) in [5, 5.41) is 10.6. The smallest absolute Gasteiger partial charge is 0.250 e. The van der Waals surface area contributed by atoms with Crippen molar-refractivity contribution in [2.24, 2.45) is 0 Å². The van der Waals surface area contributed by atoms with E-state index >= 15 is 0 Å². The van der Waals surface area contributed by atoms with E-state index in [9.17, 15) is 4.79 Å². The molecule has 1 atom stereocenters. The Morgan fingerprint density at radius 1 is 1.48 bits per heavy atom. The minimum atomic E-state index is -0.348. The molecule has 1 amide bonds. The van der Waals surface area contributed by atoms with E-state index in [2.05, 4.69) is 29.6 Å². The molecule has 0 spiro atoms. The van der Waals surface area contributed by atoms with E-state index in [0.717, 1.165) is 25.2 Å². The van der Waals surface area contributed by atoms with Crippen molar-refractivity contribution < 1.29 is 9.53 Å². The third-order valence-corrected chi connectivity index (χ3v) is 3.81. The Labute approximate surface area is 132 Å². The molecular weight excluding hydrogens is 292 g/mol. The summed E-state index contributed by atoms with van der Waals surface area (Å²) < 4.78 is 7.41. The number of ether oxygens (including phenoxy) is 1. The zero-order chi connectivity index (χ0) is 14.5. The van der Waals surface area contributed by atoms with Gasteiger partial charge in [-0.05, 0) is 32.8 Å². The molecule has 2 heterocycles. The third kappa shape index (κ3) is 4.69. The van der Waals surface area contributed by atoms with Crippen molar-refractivity contribution in [2.45, 2.75) is 39.8 Å². The van der Waals surface area contributed by atoms with Gasteiger partial charge in [-0.25, -0.2) is 0 Å². The topological polar surface area (TPSA) is 68.2 Å². The lowest BCUT2D eigenvalue weighted by Crippen LogP contribution is -2.48. The molecule has 1 aromatic rings. The highest BCUT2D eigenvalue weighted by atomic mass is 35.5. The van der Waals surface area contributed by atoms with Gasteiger partial charge < -0.3 is 15.4 Å². The lowest BCUT2D eigenvalue weighted by molar-refractivity contribution is -0.134. The van der Waals surface area contributed by atoms with Gasteiger partial charge in [0.2, 0.25) is 5.91 Å². The maximum absolute atomic E-state index is 11.8. The van der Waals surface area contributed by atoms with E-state index in [0.29, 0.717) is 19.7 Å². The minimum absolute atomic E-state index is 0. The molecule has 7 heteroatoms. The summed E-state index contributed by atoms with van der Waals surface area (Å²) in [4.78, 5) is 11.8. The fourth-order valence-electron chi connectivity index (χ4n) is 2.29. The number of hydrogen-bond donors (Lipinski definition) is 2. The van der Waals surface area contributed by atoms with Crippen molar-refractivity contribution in [2.75, 3.05) is 26.2 Å². The SMILES string of the molecule is Cc1nn(CCCNC(=O)C2CNCCO2)c(C)c1C.Cl.